The molecule has 128 valence electrons. The van der Waals surface area contributed by atoms with Gasteiger partial charge in [0.1, 0.15) is 0 Å². The zero-order valence-electron chi connectivity index (χ0n) is 14.2. The van der Waals surface area contributed by atoms with Crippen molar-refractivity contribution in [3.8, 4) is 0 Å². The molecule has 5 heteroatoms. The molecule has 1 aromatic rings. The van der Waals surface area contributed by atoms with E-state index in [-0.39, 0.29) is 18.3 Å². The third kappa shape index (κ3) is 4.25. The number of hydrogen-bond acceptors (Lipinski definition) is 3. The lowest BCUT2D eigenvalue weighted by Gasteiger charge is -2.32. The van der Waals surface area contributed by atoms with Gasteiger partial charge in [0.15, 0.2) is 0 Å². The van der Waals surface area contributed by atoms with Crippen LogP contribution in [-0.2, 0) is 11.2 Å². The Morgan fingerprint density at radius 3 is 2.48 bits per heavy atom. The van der Waals surface area contributed by atoms with Gasteiger partial charge in [0.2, 0.25) is 5.91 Å². The third-order valence-corrected chi connectivity index (χ3v) is 5.16. The van der Waals surface area contributed by atoms with Crippen molar-refractivity contribution in [3.05, 3.63) is 34.9 Å². The molecule has 2 heterocycles. The van der Waals surface area contributed by atoms with Gasteiger partial charge >= 0.3 is 0 Å². The zero-order chi connectivity index (χ0) is 15.5. The number of hydrogen-bond donors (Lipinski definition) is 1. The minimum absolute atomic E-state index is 0. The maximum atomic E-state index is 12.6. The van der Waals surface area contributed by atoms with E-state index < -0.39 is 0 Å². The van der Waals surface area contributed by atoms with Crippen LogP contribution in [0.25, 0.3) is 0 Å². The number of benzene rings is 1. The second kappa shape index (κ2) is 8.13. The highest BCUT2D eigenvalue weighted by Crippen LogP contribution is 2.19. The Balaban J connectivity index is 0.00000192. The molecule has 1 atom stereocenters. The van der Waals surface area contributed by atoms with Gasteiger partial charge in [-0.25, -0.2) is 0 Å². The fraction of sp³-hybridized carbons (Fsp3) is 0.611. The second-order valence-electron chi connectivity index (χ2n) is 6.62. The van der Waals surface area contributed by atoms with E-state index >= 15 is 0 Å². The number of nitrogens with one attached hydrogen (secondary N) is 1. The number of amides is 1. The van der Waals surface area contributed by atoms with E-state index in [1.807, 2.05) is 0 Å². The molecule has 0 aromatic heterocycles. The first-order valence-corrected chi connectivity index (χ1v) is 8.43. The molecule has 4 nitrogen and oxygen atoms in total. The smallest absolute Gasteiger partial charge is 0.227 e. The Kier molecular flexibility index (Phi) is 6.45. The van der Waals surface area contributed by atoms with Gasteiger partial charge < -0.3 is 10.2 Å². The quantitative estimate of drug-likeness (QED) is 0.913. The van der Waals surface area contributed by atoms with Gasteiger partial charge in [0.25, 0.3) is 0 Å². The fourth-order valence-corrected chi connectivity index (χ4v) is 3.70. The lowest BCUT2D eigenvalue weighted by atomic mass is 10.00. The average molecular weight is 338 g/mol. The minimum atomic E-state index is 0. The van der Waals surface area contributed by atoms with Crippen molar-refractivity contribution in [2.24, 2.45) is 0 Å². The zero-order valence-corrected chi connectivity index (χ0v) is 15.0. The highest BCUT2D eigenvalue weighted by Gasteiger charge is 2.30. The number of nitrogens with zero attached hydrogens (tertiary/aromatic N) is 2. The summed E-state index contributed by atoms with van der Waals surface area (Å²) in [5.74, 6) is 0.287. The maximum absolute atomic E-state index is 12.6. The van der Waals surface area contributed by atoms with Crippen LogP contribution < -0.4 is 5.32 Å². The highest BCUT2D eigenvalue weighted by atomic mass is 35.5. The number of piperazine rings is 1. The van der Waals surface area contributed by atoms with E-state index in [1.54, 1.807) is 0 Å². The molecule has 1 amide bonds. The van der Waals surface area contributed by atoms with Crippen molar-refractivity contribution in [3.63, 3.8) is 0 Å². The Labute approximate surface area is 145 Å². The summed E-state index contributed by atoms with van der Waals surface area (Å²) in [7, 11) is 0. The van der Waals surface area contributed by atoms with Crippen LogP contribution in [-0.4, -0.2) is 61.0 Å². The molecule has 0 bridgehead atoms. The highest BCUT2D eigenvalue weighted by molar-refractivity contribution is 5.85. The van der Waals surface area contributed by atoms with E-state index in [1.165, 1.54) is 16.7 Å². The molecular weight excluding hydrogens is 310 g/mol. The van der Waals surface area contributed by atoms with E-state index in [9.17, 15) is 4.79 Å². The van der Waals surface area contributed by atoms with Crippen LogP contribution >= 0.6 is 12.4 Å². The molecule has 23 heavy (non-hydrogen) atoms. The maximum Gasteiger partial charge on any atom is 0.227 e. The monoisotopic (exact) mass is 337 g/mol. The largest absolute Gasteiger partial charge is 0.341 e. The van der Waals surface area contributed by atoms with Crippen LogP contribution in [0.3, 0.4) is 0 Å². The number of aryl methyl sites for hydroxylation is 2. The summed E-state index contributed by atoms with van der Waals surface area (Å²) in [5, 5.41) is 3.40. The molecule has 0 aliphatic carbocycles. The molecule has 2 aliphatic rings. The Hall–Kier alpha value is -1.10. The normalized spacial score (nSPS) is 22.0. The molecule has 0 spiro atoms. The Morgan fingerprint density at radius 1 is 1.17 bits per heavy atom. The number of rotatable bonds is 3. The standard InChI is InChI=1S/C18H27N3O.ClH/c1-14-4-3-5-15(2)17(14)12-18(22)21-9-6-16(13-21)20-10-7-19-8-11-20;/h3-5,16,19H,6-13H2,1-2H3;1H. The van der Waals surface area contributed by atoms with Gasteiger partial charge in [-0.3, -0.25) is 9.69 Å². The van der Waals surface area contributed by atoms with Crippen LogP contribution in [0, 0.1) is 13.8 Å². The van der Waals surface area contributed by atoms with Gasteiger partial charge in [0.05, 0.1) is 6.42 Å². The van der Waals surface area contributed by atoms with Crippen molar-refractivity contribution in [1.82, 2.24) is 15.1 Å². The third-order valence-electron chi connectivity index (χ3n) is 5.16. The van der Waals surface area contributed by atoms with Crippen LogP contribution in [0.1, 0.15) is 23.1 Å². The molecule has 1 aromatic carbocycles. The molecule has 2 aliphatic heterocycles. The first-order chi connectivity index (χ1) is 10.6. The lowest BCUT2D eigenvalue weighted by molar-refractivity contribution is -0.129. The fourth-order valence-electron chi connectivity index (χ4n) is 3.70. The summed E-state index contributed by atoms with van der Waals surface area (Å²) in [5.41, 5.74) is 3.66. The van der Waals surface area contributed by atoms with Gasteiger partial charge in [-0.1, -0.05) is 18.2 Å². The van der Waals surface area contributed by atoms with Crippen LogP contribution in [0.2, 0.25) is 0 Å². The Bertz CT molecular complexity index is 523. The minimum Gasteiger partial charge on any atom is -0.341 e. The summed E-state index contributed by atoms with van der Waals surface area (Å²) < 4.78 is 0. The molecule has 2 saturated heterocycles. The van der Waals surface area contributed by atoms with Crippen molar-refractivity contribution < 1.29 is 4.79 Å². The van der Waals surface area contributed by atoms with Gasteiger partial charge in [0, 0.05) is 45.3 Å². The molecule has 0 radical (unpaired) electrons. The van der Waals surface area contributed by atoms with E-state index in [0.29, 0.717) is 12.5 Å². The first kappa shape index (κ1) is 18.2. The van der Waals surface area contributed by atoms with Gasteiger partial charge in [-0.2, -0.15) is 0 Å². The van der Waals surface area contributed by atoms with E-state index in [2.05, 4.69) is 47.2 Å². The van der Waals surface area contributed by atoms with Crippen molar-refractivity contribution in [2.75, 3.05) is 39.3 Å². The van der Waals surface area contributed by atoms with Gasteiger partial charge in [-0.05, 0) is 37.0 Å². The lowest BCUT2D eigenvalue weighted by Crippen LogP contribution is -2.49. The molecule has 1 N–H and O–H groups in total. The first-order valence-electron chi connectivity index (χ1n) is 8.43. The molecule has 1 unspecified atom stereocenters. The van der Waals surface area contributed by atoms with Crippen LogP contribution in [0.4, 0.5) is 0 Å². The number of likely N-dealkylation sites (tertiary alicyclic amines) is 1. The summed E-state index contributed by atoms with van der Waals surface area (Å²) in [6.45, 7) is 10.4. The molecule has 0 saturated carbocycles. The molecular formula is C18H28ClN3O. The predicted molar refractivity (Wildman–Crippen MR) is 96.3 cm³/mol. The summed E-state index contributed by atoms with van der Waals surface area (Å²) in [4.78, 5) is 17.3. The van der Waals surface area contributed by atoms with Crippen LogP contribution in [0.5, 0.6) is 0 Å². The van der Waals surface area contributed by atoms with Crippen molar-refractivity contribution >= 4 is 18.3 Å². The number of halogens is 1. The SMILES string of the molecule is Cc1cccc(C)c1CC(=O)N1CCC(N2CCNCC2)C1.Cl. The van der Waals surface area contributed by atoms with Crippen LogP contribution in [0.15, 0.2) is 18.2 Å². The molecule has 3 rings (SSSR count). The summed E-state index contributed by atoms with van der Waals surface area (Å²) in [6.07, 6.45) is 1.67. The summed E-state index contributed by atoms with van der Waals surface area (Å²) >= 11 is 0. The topological polar surface area (TPSA) is 35.6 Å². The van der Waals surface area contributed by atoms with E-state index in [4.69, 9.17) is 0 Å². The van der Waals surface area contributed by atoms with Crippen molar-refractivity contribution in [1.29, 1.82) is 0 Å². The predicted octanol–water partition coefficient (Wildman–Crippen LogP) is 1.77. The Morgan fingerprint density at radius 2 is 1.83 bits per heavy atom. The van der Waals surface area contributed by atoms with E-state index in [0.717, 1.165) is 45.7 Å². The average Bonchev–Trinajstić information content (AvgIpc) is 3.02. The number of carbonyl (C=O) groups excluding carboxylic acids is 1. The second-order valence-corrected chi connectivity index (χ2v) is 6.62. The number of carbonyl (C=O) groups is 1. The van der Waals surface area contributed by atoms with Gasteiger partial charge in [-0.15, -0.1) is 12.4 Å². The summed E-state index contributed by atoms with van der Waals surface area (Å²) in [6, 6.07) is 6.82. The molecule has 2 fully saturated rings. The van der Waals surface area contributed by atoms with Crippen molar-refractivity contribution in [2.45, 2.75) is 32.7 Å².